The number of aromatic nitrogens is 3. The van der Waals surface area contributed by atoms with E-state index in [1.165, 1.54) is 65.5 Å². The van der Waals surface area contributed by atoms with Crippen molar-refractivity contribution in [3.8, 4) is 22.5 Å². The number of hydrogen-bond donors (Lipinski definition) is 0. The Morgan fingerprint density at radius 3 is 1.33 bits per heavy atom. The molecule has 0 bridgehead atoms. The predicted molar refractivity (Wildman–Crippen MR) is 239 cm³/mol. The summed E-state index contributed by atoms with van der Waals surface area (Å²) in [5, 5.41) is 7.39. The molecule has 0 amide bonds. The summed E-state index contributed by atoms with van der Waals surface area (Å²) in [7, 11) is 0. The van der Waals surface area contributed by atoms with E-state index >= 15 is 0 Å². The highest BCUT2D eigenvalue weighted by molar-refractivity contribution is 6.14. The molecule has 8 aromatic carbocycles. The van der Waals surface area contributed by atoms with Gasteiger partial charge in [-0.2, -0.15) is 0 Å². The van der Waals surface area contributed by atoms with Crippen LogP contribution in [0.1, 0.15) is 5.56 Å². The molecule has 264 valence electrons. The standard InChI is InChI=1S/C54H33N3/c1-2-14-36(15-3-1)37-16-12-17-38(32-37)39-18-13-19-40(33-39)55-51-26-10-6-22-45(51)47-35-42(29-30-53(47)55)57-52-27-11-7-23-46(52)48-34-41(28-31-54(48)57)56-49-24-8-4-20-43(49)44-21-5-9-25-50(44)56/h1-12,14-18,20-35H. The van der Waals surface area contributed by atoms with Crippen molar-refractivity contribution in [1.29, 1.82) is 0 Å². The van der Waals surface area contributed by atoms with Crippen molar-refractivity contribution < 1.29 is 0 Å². The molecule has 0 saturated carbocycles. The molecular formula is C54H33N3. The Morgan fingerprint density at radius 1 is 0.316 bits per heavy atom. The van der Waals surface area contributed by atoms with Crippen molar-refractivity contribution in [2.75, 3.05) is 0 Å². The van der Waals surface area contributed by atoms with Gasteiger partial charge in [-0.1, -0.05) is 127 Å². The van der Waals surface area contributed by atoms with E-state index in [2.05, 4.69) is 219 Å². The number of fused-ring (bicyclic) bond motifs is 9. The van der Waals surface area contributed by atoms with Gasteiger partial charge in [-0.15, -0.1) is 0 Å². The van der Waals surface area contributed by atoms with Crippen LogP contribution in [0.5, 0.6) is 0 Å². The van der Waals surface area contributed by atoms with Crippen LogP contribution < -0.4 is 0 Å². The van der Waals surface area contributed by atoms with Crippen LogP contribution in [-0.4, -0.2) is 13.7 Å². The lowest BCUT2D eigenvalue weighted by Gasteiger charge is -2.12. The van der Waals surface area contributed by atoms with Crippen LogP contribution in [-0.2, 0) is 0 Å². The van der Waals surface area contributed by atoms with Crippen LogP contribution in [0.2, 0.25) is 0 Å². The third-order valence-corrected chi connectivity index (χ3v) is 11.7. The molecule has 0 aliphatic heterocycles. The second-order valence-electron chi connectivity index (χ2n) is 14.8. The number of hydrogen-bond acceptors (Lipinski definition) is 0. The number of allylic oxidation sites excluding steroid dienone is 4. The van der Waals surface area contributed by atoms with E-state index < -0.39 is 0 Å². The molecule has 3 aromatic heterocycles. The van der Waals surface area contributed by atoms with E-state index in [4.69, 9.17) is 0 Å². The molecule has 12 rings (SSSR count). The molecule has 1 aliphatic carbocycles. The van der Waals surface area contributed by atoms with Gasteiger partial charge in [0.2, 0.25) is 0 Å². The van der Waals surface area contributed by atoms with Gasteiger partial charge in [0.15, 0.2) is 0 Å². The van der Waals surface area contributed by atoms with E-state index in [-0.39, 0.29) is 0 Å². The number of nitrogens with zero attached hydrogens (tertiary/aromatic N) is 3. The van der Waals surface area contributed by atoms with Crippen LogP contribution in [0.4, 0.5) is 0 Å². The van der Waals surface area contributed by atoms with Gasteiger partial charge >= 0.3 is 0 Å². The minimum atomic E-state index is 0.964. The third-order valence-electron chi connectivity index (χ3n) is 11.7. The van der Waals surface area contributed by atoms with Gasteiger partial charge in [0, 0.05) is 43.7 Å². The van der Waals surface area contributed by atoms with Crippen LogP contribution >= 0.6 is 0 Å². The zero-order valence-electron chi connectivity index (χ0n) is 30.9. The second-order valence-corrected chi connectivity index (χ2v) is 14.8. The van der Waals surface area contributed by atoms with Crippen LogP contribution in [0.3, 0.4) is 0 Å². The molecular weight excluding hydrogens is 691 g/mol. The van der Waals surface area contributed by atoms with E-state index in [9.17, 15) is 0 Å². The fourth-order valence-electron chi connectivity index (χ4n) is 9.15. The quantitative estimate of drug-likeness (QED) is 0.157. The molecule has 3 heteroatoms. The van der Waals surface area contributed by atoms with Gasteiger partial charge < -0.3 is 13.7 Å². The fraction of sp³-hybridized carbons (Fsp3) is 0. The Kier molecular flexibility index (Phi) is 6.84. The van der Waals surface area contributed by atoms with E-state index in [0.29, 0.717) is 0 Å². The third kappa shape index (κ3) is 4.81. The lowest BCUT2D eigenvalue weighted by molar-refractivity contribution is 1.17. The molecule has 0 atom stereocenters. The largest absolute Gasteiger partial charge is 0.309 e. The van der Waals surface area contributed by atoms with E-state index in [1.807, 2.05) is 6.08 Å². The first-order valence-electron chi connectivity index (χ1n) is 19.4. The maximum Gasteiger partial charge on any atom is 0.0980 e. The molecule has 57 heavy (non-hydrogen) atoms. The second kappa shape index (κ2) is 12.4. The average molecular weight is 724 g/mol. The molecule has 0 radical (unpaired) electrons. The van der Waals surface area contributed by atoms with Crippen LogP contribution in [0.15, 0.2) is 212 Å². The SMILES string of the molecule is C1=C=C(n2c3ccccc3c3cc(-n4c5ccccc5c5cc(-n6c7ccccc7c7ccccc76)ccc54)ccc32)C=C(c2cccc(-c3ccccc3)c2)C=1. The molecule has 0 N–H and O–H groups in total. The summed E-state index contributed by atoms with van der Waals surface area (Å²) in [6.07, 6.45) is 4.27. The van der Waals surface area contributed by atoms with Crippen molar-refractivity contribution >= 4 is 76.7 Å². The Hall–Kier alpha value is -7.80. The molecule has 3 heterocycles. The van der Waals surface area contributed by atoms with Gasteiger partial charge in [0.1, 0.15) is 0 Å². The minimum Gasteiger partial charge on any atom is -0.309 e. The summed E-state index contributed by atoms with van der Waals surface area (Å²) >= 11 is 0. The van der Waals surface area contributed by atoms with Crippen molar-refractivity contribution in [2.24, 2.45) is 0 Å². The molecule has 0 saturated heterocycles. The molecule has 11 aromatic rings. The summed E-state index contributed by atoms with van der Waals surface area (Å²) < 4.78 is 7.16. The Morgan fingerprint density at radius 2 is 0.754 bits per heavy atom. The van der Waals surface area contributed by atoms with Gasteiger partial charge in [-0.05, 0) is 107 Å². The smallest absolute Gasteiger partial charge is 0.0980 e. The highest BCUT2D eigenvalue weighted by atomic mass is 15.0. The Labute approximate surface area is 328 Å². The van der Waals surface area contributed by atoms with Crippen molar-refractivity contribution in [2.45, 2.75) is 0 Å². The Balaban J connectivity index is 1.01. The van der Waals surface area contributed by atoms with E-state index in [0.717, 1.165) is 39.2 Å². The van der Waals surface area contributed by atoms with Crippen molar-refractivity contribution in [3.05, 3.63) is 217 Å². The number of rotatable bonds is 5. The van der Waals surface area contributed by atoms with E-state index in [1.54, 1.807) is 0 Å². The molecule has 1 aliphatic rings. The van der Waals surface area contributed by atoms with Crippen LogP contribution in [0.25, 0.3) is 99.2 Å². The van der Waals surface area contributed by atoms with Crippen LogP contribution in [0, 0.1) is 0 Å². The highest BCUT2D eigenvalue weighted by Crippen LogP contribution is 2.40. The first-order chi connectivity index (χ1) is 28.3. The summed E-state index contributed by atoms with van der Waals surface area (Å²) in [4.78, 5) is 0. The Bertz CT molecular complexity index is 3540. The highest BCUT2D eigenvalue weighted by Gasteiger charge is 2.19. The van der Waals surface area contributed by atoms with Crippen molar-refractivity contribution in [3.63, 3.8) is 0 Å². The van der Waals surface area contributed by atoms with Gasteiger partial charge in [0.05, 0.1) is 38.8 Å². The monoisotopic (exact) mass is 723 g/mol. The zero-order valence-corrected chi connectivity index (χ0v) is 30.9. The molecule has 0 unspecified atom stereocenters. The normalized spacial score (nSPS) is 12.8. The minimum absolute atomic E-state index is 0.964. The first kappa shape index (κ1) is 31.5. The molecule has 0 spiro atoms. The summed E-state index contributed by atoms with van der Waals surface area (Å²) in [5.41, 5.74) is 21.8. The summed E-state index contributed by atoms with van der Waals surface area (Å²) in [5.74, 6) is 0. The number of para-hydroxylation sites is 4. The maximum atomic E-state index is 3.47. The number of benzene rings is 8. The average Bonchev–Trinajstić information content (AvgIpc) is 3.92. The summed E-state index contributed by atoms with van der Waals surface area (Å²) in [6.45, 7) is 0. The van der Waals surface area contributed by atoms with Crippen molar-refractivity contribution in [1.82, 2.24) is 13.7 Å². The molecule has 0 fully saturated rings. The first-order valence-corrected chi connectivity index (χ1v) is 19.4. The zero-order chi connectivity index (χ0) is 37.5. The lowest BCUT2D eigenvalue weighted by Crippen LogP contribution is -1.97. The topological polar surface area (TPSA) is 14.8 Å². The molecule has 3 nitrogen and oxygen atoms in total. The summed E-state index contributed by atoms with van der Waals surface area (Å²) in [6, 6.07) is 68.0. The predicted octanol–water partition coefficient (Wildman–Crippen LogP) is 13.9. The maximum absolute atomic E-state index is 3.47. The van der Waals surface area contributed by atoms with Gasteiger partial charge in [0.25, 0.3) is 0 Å². The van der Waals surface area contributed by atoms with Gasteiger partial charge in [-0.3, -0.25) is 0 Å². The lowest BCUT2D eigenvalue weighted by atomic mass is 9.97. The van der Waals surface area contributed by atoms with Gasteiger partial charge in [-0.25, -0.2) is 0 Å². The fourth-order valence-corrected chi connectivity index (χ4v) is 9.15.